The number of carbonyl (C=O) groups is 1. The highest BCUT2D eigenvalue weighted by Gasteiger charge is 2.62. The SMILES string of the molecule is CC(C)(C)OC(=O)[C@H]1[C](CCOCc2ccccc2)C1(C)C. The zero-order chi connectivity index (χ0) is 16.4. The normalized spacial score (nSPS) is 20.7. The average molecular weight is 303 g/mol. The predicted molar refractivity (Wildman–Crippen MR) is 87.1 cm³/mol. The molecule has 0 aromatic heterocycles. The number of hydrogen-bond donors (Lipinski definition) is 0. The third-order valence-electron chi connectivity index (χ3n) is 4.08. The first-order valence-corrected chi connectivity index (χ1v) is 7.92. The topological polar surface area (TPSA) is 35.5 Å². The van der Waals surface area contributed by atoms with Crippen molar-refractivity contribution < 1.29 is 14.3 Å². The standard InChI is InChI=1S/C19H27O3/c1-18(2,3)22-17(20)16-15(19(16,4)5)11-12-21-13-14-9-7-6-8-10-14/h6-10,16H,11-13H2,1-5H3/t16-/m1/s1. The second kappa shape index (κ2) is 6.41. The van der Waals surface area contributed by atoms with Crippen LogP contribution < -0.4 is 0 Å². The summed E-state index contributed by atoms with van der Waals surface area (Å²) in [4.78, 5) is 12.2. The Balaban J connectivity index is 1.75. The molecule has 22 heavy (non-hydrogen) atoms. The minimum atomic E-state index is -0.426. The molecule has 0 heterocycles. The molecule has 1 aliphatic rings. The van der Waals surface area contributed by atoms with Crippen LogP contribution in [0.4, 0.5) is 0 Å². The van der Waals surface area contributed by atoms with E-state index in [-0.39, 0.29) is 17.3 Å². The van der Waals surface area contributed by atoms with E-state index in [1.807, 2.05) is 39.0 Å². The summed E-state index contributed by atoms with van der Waals surface area (Å²) in [6, 6.07) is 10.1. The molecule has 3 nitrogen and oxygen atoms in total. The van der Waals surface area contributed by atoms with Gasteiger partial charge in [-0.15, -0.1) is 0 Å². The van der Waals surface area contributed by atoms with Crippen LogP contribution in [0.25, 0.3) is 0 Å². The van der Waals surface area contributed by atoms with Crippen LogP contribution >= 0.6 is 0 Å². The highest BCUT2D eigenvalue weighted by molar-refractivity contribution is 5.82. The van der Waals surface area contributed by atoms with Gasteiger partial charge in [-0.1, -0.05) is 44.2 Å². The molecule has 1 atom stereocenters. The van der Waals surface area contributed by atoms with Crippen LogP contribution in [0.2, 0.25) is 0 Å². The first kappa shape index (κ1) is 17.0. The quantitative estimate of drug-likeness (QED) is 0.584. The number of rotatable bonds is 6. The summed E-state index contributed by atoms with van der Waals surface area (Å²) in [5.74, 6) is 1.07. The maximum atomic E-state index is 12.2. The third-order valence-corrected chi connectivity index (χ3v) is 4.08. The van der Waals surface area contributed by atoms with E-state index < -0.39 is 5.60 Å². The fraction of sp³-hybridized carbons (Fsp3) is 0.579. The molecule has 0 aliphatic heterocycles. The van der Waals surface area contributed by atoms with Crippen molar-refractivity contribution in [3.63, 3.8) is 0 Å². The molecule has 1 saturated carbocycles. The van der Waals surface area contributed by atoms with Crippen LogP contribution in [0.3, 0.4) is 0 Å². The van der Waals surface area contributed by atoms with Crippen LogP contribution in [0.1, 0.15) is 46.6 Å². The van der Waals surface area contributed by atoms with Gasteiger partial charge in [0.1, 0.15) is 5.60 Å². The minimum absolute atomic E-state index is 0.0571. The maximum Gasteiger partial charge on any atom is 0.310 e. The van der Waals surface area contributed by atoms with Crippen molar-refractivity contribution in [2.24, 2.45) is 11.3 Å². The van der Waals surface area contributed by atoms with E-state index >= 15 is 0 Å². The highest BCUT2D eigenvalue weighted by Crippen LogP contribution is 2.62. The molecule has 0 N–H and O–H groups in total. The van der Waals surface area contributed by atoms with E-state index in [0.717, 1.165) is 6.42 Å². The molecule has 1 radical (unpaired) electrons. The van der Waals surface area contributed by atoms with Gasteiger partial charge in [-0.05, 0) is 44.1 Å². The smallest absolute Gasteiger partial charge is 0.310 e. The Hall–Kier alpha value is -1.35. The molecule has 0 saturated heterocycles. The monoisotopic (exact) mass is 303 g/mol. The Labute approximate surface area is 134 Å². The molecule has 0 unspecified atom stereocenters. The Bertz CT molecular complexity index is 499. The summed E-state index contributed by atoms with van der Waals surface area (Å²) in [5, 5.41) is 0. The van der Waals surface area contributed by atoms with Crippen LogP contribution in [-0.2, 0) is 20.9 Å². The van der Waals surface area contributed by atoms with Gasteiger partial charge in [0.15, 0.2) is 0 Å². The van der Waals surface area contributed by atoms with Crippen molar-refractivity contribution in [3.8, 4) is 0 Å². The van der Waals surface area contributed by atoms with E-state index in [1.54, 1.807) is 0 Å². The number of ether oxygens (including phenoxy) is 2. The molecule has 3 heteroatoms. The molecular formula is C19H27O3. The van der Waals surface area contributed by atoms with Crippen molar-refractivity contribution >= 4 is 5.97 Å². The minimum Gasteiger partial charge on any atom is -0.460 e. The fourth-order valence-corrected chi connectivity index (χ4v) is 2.85. The van der Waals surface area contributed by atoms with Crippen LogP contribution in [0, 0.1) is 17.3 Å². The first-order chi connectivity index (χ1) is 10.2. The van der Waals surface area contributed by atoms with Crippen molar-refractivity contribution in [2.45, 2.75) is 53.2 Å². The van der Waals surface area contributed by atoms with Gasteiger partial charge in [-0.25, -0.2) is 0 Å². The van der Waals surface area contributed by atoms with E-state index in [2.05, 4.69) is 26.0 Å². The van der Waals surface area contributed by atoms with Gasteiger partial charge in [0.2, 0.25) is 0 Å². The summed E-state index contributed by atoms with van der Waals surface area (Å²) in [6.07, 6.45) is 0.823. The summed E-state index contributed by atoms with van der Waals surface area (Å²) >= 11 is 0. The van der Waals surface area contributed by atoms with Crippen molar-refractivity contribution in [3.05, 3.63) is 41.8 Å². The van der Waals surface area contributed by atoms with Gasteiger partial charge in [0.25, 0.3) is 0 Å². The largest absolute Gasteiger partial charge is 0.460 e. The van der Waals surface area contributed by atoms with Crippen molar-refractivity contribution in [1.82, 2.24) is 0 Å². The molecule has 121 valence electrons. The summed E-state index contributed by atoms with van der Waals surface area (Å²) in [6.45, 7) is 11.2. The Kier molecular flexibility index (Phi) is 4.96. The predicted octanol–water partition coefficient (Wildman–Crippen LogP) is 4.17. The van der Waals surface area contributed by atoms with Crippen LogP contribution in [-0.4, -0.2) is 18.2 Å². The first-order valence-electron chi connectivity index (χ1n) is 7.92. The van der Waals surface area contributed by atoms with Gasteiger partial charge < -0.3 is 9.47 Å². The van der Waals surface area contributed by atoms with Crippen molar-refractivity contribution in [2.75, 3.05) is 6.61 Å². The summed E-state index contributed by atoms with van der Waals surface area (Å²) in [5.41, 5.74) is 0.689. The fourth-order valence-electron chi connectivity index (χ4n) is 2.85. The molecular weight excluding hydrogens is 276 g/mol. The van der Waals surface area contributed by atoms with Gasteiger partial charge in [0.05, 0.1) is 12.5 Å². The lowest BCUT2D eigenvalue weighted by Gasteiger charge is -2.20. The number of hydrogen-bond acceptors (Lipinski definition) is 3. The highest BCUT2D eigenvalue weighted by atomic mass is 16.6. The zero-order valence-corrected chi connectivity index (χ0v) is 14.3. The third kappa shape index (κ3) is 4.33. The lowest BCUT2D eigenvalue weighted by Crippen LogP contribution is -2.26. The molecule has 1 aromatic carbocycles. The van der Waals surface area contributed by atoms with E-state index in [1.165, 1.54) is 11.5 Å². The lowest BCUT2D eigenvalue weighted by molar-refractivity contribution is -0.157. The summed E-state index contributed by atoms with van der Waals surface area (Å²) in [7, 11) is 0. The number of benzene rings is 1. The number of carbonyl (C=O) groups excluding carboxylic acids is 1. The van der Waals surface area contributed by atoms with E-state index in [0.29, 0.717) is 13.2 Å². The van der Waals surface area contributed by atoms with Gasteiger partial charge >= 0.3 is 5.97 Å². The number of esters is 1. The van der Waals surface area contributed by atoms with E-state index in [4.69, 9.17) is 9.47 Å². The Morgan fingerprint density at radius 1 is 1.18 bits per heavy atom. The van der Waals surface area contributed by atoms with Gasteiger partial charge in [-0.2, -0.15) is 0 Å². The second-order valence-electron chi connectivity index (χ2n) is 7.50. The molecule has 0 amide bonds. The Morgan fingerprint density at radius 3 is 2.41 bits per heavy atom. The van der Waals surface area contributed by atoms with Gasteiger partial charge in [0, 0.05) is 6.61 Å². The lowest BCUT2D eigenvalue weighted by atomic mass is 10.1. The second-order valence-corrected chi connectivity index (χ2v) is 7.50. The van der Waals surface area contributed by atoms with Gasteiger partial charge in [-0.3, -0.25) is 4.79 Å². The summed E-state index contributed by atoms with van der Waals surface area (Å²) < 4.78 is 11.2. The molecule has 2 rings (SSSR count). The molecule has 1 fully saturated rings. The van der Waals surface area contributed by atoms with Crippen LogP contribution in [0.15, 0.2) is 30.3 Å². The molecule has 1 aromatic rings. The van der Waals surface area contributed by atoms with E-state index in [9.17, 15) is 4.79 Å². The molecule has 0 spiro atoms. The zero-order valence-electron chi connectivity index (χ0n) is 14.3. The Morgan fingerprint density at radius 2 is 1.82 bits per heavy atom. The molecule has 1 aliphatic carbocycles. The average Bonchev–Trinajstić information content (AvgIpc) is 2.96. The van der Waals surface area contributed by atoms with Crippen molar-refractivity contribution in [1.29, 1.82) is 0 Å². The molecule has 0 bridgehead atoms. The maximum absolute atomic E-state index is 12.2. The van der Waals surface area contributed by atoms with Crippen LogP contribution in [0.5, 0.6) is 0 Å².